The van der Waals surface area contributed by atoms with E-state index in [4.69, 9.17) is 0 Å². The molecule has 1 heterocycles. The molecule has 0 saturated heterocycles. The molecule has 80 valence electrons. The van der Waals surface area contributed by atoms with Gasteiger partial charge < -0.3 is 0 Å². The Bertz CT molecular complexity index is 310. The molecule has 4 heteroatoms. The van der Waals surface area contributed by atoms with Crippen LogP contribution in [0.2, 0.25) is 0 Å². The second-order valence-electron chi connectivity index (χ2n) is 4.41. The highest BCUT2D eigenvalue weighted by Gasteiger charge is 2.45. The van der Waals surface area contributed by atoms with Gasteiger partial charge in [0.05, 0.1) is 11.8 Å². The highest BCUT2D eigenvalue weighted by Crippen LogP contribution is 2.43. The molecule has 2 nitrogen and oxygen atoms in total. The number of aromatic nitrogens is 2. The molecule has 0 aliphatic heterocycles. The first-order valence-electron chi connectivity index (χ1n) is 4.70. The fourth-order valence-electron chi connectivity index (χ4n) is 1.13. The Morgan fingerprint density at radius 1 is 1.36 bits per heavy atom. The molecule has 0 aromatic carbocycles. The third-order valence-corrected chi connectivity index (χ3v) is 2.26. The molecule has 0 unspecified atom stereocenters. The van der Waals surface area contributed by atoms with Crippen LogP contribution in [-0.4, -0.2) is 9.78 Å². The molecular formula is C10H16F2N2. The van der Waals surface area contributed by atoms with Gasteiger partial charge in [-0.1, -0.05) is 20.8 Å². The molecule has 1 aromatic heterocycles. The van der Waals surface area contributed by atoms with Crippen LogP contribution in [0.3, 0.4) is 0 Å². The number of hydrogen-bond donors (Lipinski definition) is 0. The standard InChI is InChI=1S/C10H16F2N2/c1-5-14-7-8(6-13-14)10(11,12)9(2,3)4/h6-7H,5H2,1-4H3. The average Bonchev–Trinajstić information content (AvgIpc) is 2.49. The van der Waals surface area contributed by atoms with Gasteiger partial charge >= 0.3 is 0 Å². The molecule has 0 N–H and O–H groups in total. The number of rotatable bonds is 2. The van der Waals surface area contributed by atoms with Crippen LogP contribution in [0.5, 0.6) is 0 Å². The number of alkyl halides is 2. The molecule has 14 heavy (non-hydrogen) atoms. The zero-order valence-electron chi connectivity index (χ0n) is 9.01. The topological polar surface area (TPSA) is 17.8 Å². The Morgan fingerprint density at radius 3 is 2.29 bits per heavy atom. The Kier molecular flexibility index (Phi) is 2.65. The lowest BCUT2D eigenvalue weighted by molar-refractivity contribution is -0.104. The predicted octanol–water partition coefficient (Wildman–Crippen LogP) is 3.04. The van der Waals surface area contributed by atoms with E-state index >= 15 is 0 Å². The molecule has 0 spiro atoms. The van der Waals surface area contributed by atoms with Crippen LogP contribution in [0.1, 0.15) is 33.3 Å². The van der Waals surface area contributed by atoms with Gasteiger partial charge in [-0.2, -0.15) is 5.10 Å². The normalized spacial score (nSPS) is 13.3. The summed E-state index contributed by atoms with van der Waals surface area (Å²) in [5.41, 5.74) is -1.08. The lowest BCUT2D eigenvalue weighted by Crippen LogP contribution is -2.30. The fraction of sp³-hybridized carbons (Fsp3) is 0.700. The highest BCUT2D eigenvalue weighted by atomic mass is 19.3. The van der Waals surface area contributed by atoms with Crippen LogP contribution in [0.15, 0.2) is 12.4 Å². The average molecular weight is 202 g/mol. The minimum atomic E-state index is -2.83. The van der Waals surface area contributed by atoms with E-state index in [1.165, 1.54) is 37.8 Å². The van der Waals surface area contributed by atoms with E-state index in [9.17, 15) is 8.78 Å². The van der Waals surface area contributed by atoms with E-state index in [1.807, 2.05) is 6.92 Å². The van der Waals surface area contributed by atoms with Gasteiger partial charge in [0.1, 0.15) is 0 Å². The maximum atomic E-state index is 13.8. The number of hydrogen-bond acceptors (Lipinski definition) is 1. The summed E-state index contributed by atoms with van der Waals surface area (Å²) in [6.45, 7) is 7.05. The first-order chi connectivity index (χ1) is 6.29. The molecule has 0 bridgehead atoms. The smallest absolute Gasteiger partial charge is 0.273 e. The Morgan fingerprint density at radius 2 is 1.93 bits per heavy atom. The van der Waals surface area contributed by atoms with E-state index in [1.54, 1.807) is 0 Å². The van der Waals surface area contributed by atoms with Crippen LogP contribution in [-0.2, 0) is 12.5 Å². The van der Waals surface area contributed by atoms with Crippen LogP contribution < -0.4 is 0 Å². The molecule has 0 amide bonds. The molecule has 0 radical (unpaired) electrons. The molecule has 0 aliphatic carbocycles. The van der Waals surface area contributed by atoms with E-state index in [-0.39, 0.29) is 5.56 Å². The third-order valence-electron chi connectivity index (χ3n) is 2.26. The summed E-state index contributed by atoms with van der Waals surface area (Å²) >= 11 is 0. The first-order valence-corrected chi connectivity index (χ1v) is 4.70. The van der Waals surface area contributed by atoms with Gasteiger partial charge in [-0.15, -0.1) is 0 Å². The zero-order chi connectivity index (χ0) is 11.0. The van der Waals surface area contributed by atoms with Gasteiger partial charge in [0.15, 0.2) is 0 Å². The fourth-order valence-corrected chi connectivity index (χ4v) is 1.13. The summed E-state index contributed by atoms with van der Waals surface area (Å²) in [6.07, 6.45) is 2.65. The van der Waals surface area contributed by atoms with Crippen molar-refractivity contribution in [2.45, 2.75) is 40.2 Å². The van der Waals surface area contributed by atoms with Crippen LogP contribution in [0.25, 0.3) is 0 Å². The largest absolute Gasteiger partial charge is 0.280 e. The molecule has 0 atom stereocenters. The SMILES string of the molecule is CCn1cc(C(F)(F)C(C)(C)C)cn1. The monoisotopic (exact) mass is 202 g/mol. The lowest BCUT2D eigenvalue weighted by Gasteiger charge is -2.29. The third kappa shape index (κ3) is 1.79. The summed E-state index contributed by atoms with van der Waals surface area (Å²) < 4.78 is 29.0. The summed E-state index contributed by atoms with van der Waals surface area (Å²) in [6, 6.07) is 0. The van der Waals surface area contributed by atoms with Gasteiger partial charge in [0, 0.05) is 18.2 Å². The Labute approximate surface area is 82.9 Å². The second-order valence-corrected chi connectivity index (χ2v) is 4.41. The van der Waals surface area contributed by atoms with Crippen molar-refractivity contribution in [3.63, 3.8) is 0 Å². The van der Waals surface area contributed by atoms with Crippen molar-refractivity contribution in [2.75, 3.05) is 0 Å². The van der Waals surface area contributed by atoms with Gasteiger partial charge in [-0.05, 0) is 6.92 Å². The van der Waals surface area contributed by atoms with Gasteiger partial charge in [-0.3, -0.25) is 4.68 Å². The minimum absolute atomic E-state index is 0.00755. The van der Waals surface area contributed by atoms with Crippen molar-refractivity contribution in [1.82, 2.24) is 9.78 Å². The van der Waals surface area contributed by atoms with Crippen LogP contribution >= 0.6 is 0 Å². The number of nitrogens with zero attached hydrogens (tertiary/aromatic N) is 2. The van der Waals surface area contributed by atoms with Crippen molar-refractivity contribution in [2.24, 2.45) is 5.41 Å². The van der Waals surface area contributed by atoms with Crippen molar-refractivity contribution in [1.29, 1.82) is 0 Å². The van der Waals surface area contributed by atoms with E-state index in [2.05, 4.69) is 5.10 Å². The van der Waals surface area contributed by atoms with E-state index in [0.717, 1.165) is 0 Å². The molecule has 1 rings (SSSR count). The minimum Gasteiger partial charge on any atom is -0.273 e. The Hall–Kier alpha value is -0.930. The maximum Gasteiger partial charge on any atom is 0.280 e. The summed E-state index contributed by atoms with van der Waals surface area (Å²) in [4.78, 5) is 0. The zero-order valence-corrected chi connectivity index (χ0v) is 9.01. The molecule has 0 fully saturated rings. The molecule has 1 aromatic rings. The van der Waals surface area contributed by atoms with Crippen molar-refractivity contribution in [3.8, 4) is 0 Å². The number of halogens is 2. The van der Waals surface area contributed by atoms with Gasteiger partial charge in [0.25, 0.3) is 5.92 Å². The van der Waals surface area contributed by atoms with Crippen molar-refractivity contribution >= 4 is 0 Å². The van der Waals surface area contributed by atoms with Gasteiger partial charge in [0.2, 0.25) is 0 Å². The second kappa shape index (κ2) is 3.33. The van der Waals surface area contributed by atoms with Crippen LogP contribution in [0.4, 0.5) is 8.78 Å². The quantitative estimate of drug-likeness (QED) is 0.720. The van der Waals surface area contributed by atoms with Crippen molar-refractivity contribution < 1.29 is 8.78 Å². The molecule has 0 aliphatic rings. The summed E-state index contributed by atoms with van der Waals surface area (Å²) in [5, 5.41) is 3.85. The predicted molar refractivity (Wildman–Crippen MR) is 51.3 cm³/mol. The first kappa shape index (κ1) is 11.1. The maximum absolute atomic E-state index is 13.8. The summed E-state index contributed by atoms with van der Waals surface area (Å²) in [5.74, 6) is -2.83. The summed E-state index contributed by atoms with van der Waals surface area (Å²) in [7, 11) is 0. The molecular weight excluding hydrogens is 186 g/mol. The van der Waals surface area contributed by atoms with Crippen LogP contribution in [0, 0.1) is 5.41 Å². The van der Waals surface area contributed by atoms with E-state index < -0.39 is 11.3 Å². The van der Waals surface area contributed by atoms with E-state index in [0.29, 0.717) is 6.54 Å². The van der Waals surface area contributed by atoms with Gasteiger partial charge in [-0.25, -0.2) is 8.78 Å². The highest BCUT2D eigenvalue weighted by molar-refractivity contribution is 5.14. The van der Waals surface area contributed by atoms with Crippen molar-refractivity contribution in [3.05, 3.63) is 18.0 Å². The molecule has 0 saturated carbocycles. The Balaban J connectivity index is 3.04. The number of aryl methyl sites for hydroxylation is 1. The lowest BCUT2D eigenvalue weighted by atomic mass is 9.85.